The van der Waals surface area contributed by atoms with E-state index in [9.17, 15) is 4.79 Å². The molecular formula is C24H30N4O. The number of carbonyl (C=O) groups is 1. The van der Waals surface area contributed by atoms with Crippen LogP contribution in [-0.2, 0) is 11.3 Å². The number of anilines is 1. The van der Waals surface area contributed by atoms with Crippen LogP contribution in [0, 0.1) is 13.8 Å². The van der Waals surface area contributed by atoms with Crippen molar-refractivity contribution < 1.29 is 4.79 Å². The number of carbonyl (C=O) groups excluding carboxylic acids is 1. The highest BCUT2D eigenvalue weighted by Gasteiger charge is 2.35. The molecule has 1 aliphatic rings. The fourth-order valence-corrected chi connectivity index (χ4v) is 4.41. The third-order valence-electron chi connectivity index (χ3n) is 5.80. The maximum Gasteiger partial charge on any atom is 0.227 e. The van der Waals surface area contributed by atoms with E-state index in [1.807, 2.05) is 11.0 Å². The molecule has 1 fully saturated rings. The molecule has 0 saturated carbocycles. The molecule has 0 unspecified atom stereocenters. The van der Waals surface area contributed by atoms with Crippen LogP contribution in [0.15, 0.2) is 42.5 Å². The molecule has 1 atom stereocenters. The minimum absolute atomic E-state index is 0.120. The standard InChI is InChI=1S/C24H30N4O/c1-17-10-11-21(18(2)14-17)28-16-19(15-23(28)29)24-25-20-8-5-6-9-22(20)27(24)13-7-12-26(3)4/h5-6,8-11,14,19H,7,12-13,15-16H2,1-4H3/t19-/m0/s1. The first kappa shape index (κ1) is 19.6. The summed E-state index contributed by atoms with van der Waals surface area (Å²) in [4.78, 5) is 22.0. The third kappa shape index (κ3) is 3.92. The molecule has 4 rings (SSSR count). The smallest absolute Gasteiger partial charge is 0.227 e. The van der Waals surface area contributed by atoms with Crippen LogP contribution in [0.5, 0.6) is 0 Å². The number of benzene rings is 2. The lowest BCUT2D eigenvalue weighted by molar-refractivity contribution is -0.117. The summed E-state index contributed by atoms with van der Waals surface area (Å²) in [5.74, 6) is 1.36. The zero-order valence-electron chi connectivity index (χ0n) is 17.9. The monoisotopic (exact) mass is 390 g/mol. The maximum atomic E-state index is 12.9. The normalized spacial score (nSPS) is 17.1. The minimum atomic E-state index is 0.120. The molecule has 0 aliphatic carbocycles. The van der Waals surface area contributed by atoms with Crippen LogP contribution < -0.4 is 4.90 Å². The van der Waals surface area contributed by atoms with Crippen molar-refractivity contribution in [1.29, 1.82) is 0 Å². The molecule has 0 radical (unpaired) electrons. The predicted octanol–water partition coefficient (Wildman–Crippen LogP) is 4.13. The van der Waals surface area contributed by atoms with Crippen LogP contribution in [-0.4, -0.2) is 47.5 Å². The van der Waals surface area contributed by atoms with E-state index in [1.54, 1.807) is 0 Å². The van der Waals surface area contributed by atoms with Crippen molar-refractivity contribution in [1.82, 2.24) is 14.5 Å². The second-order valence-electron chi connectivity index (χ2n) is 8.46. The molecular weight excluding hydrogens is 360 g/mol. The molecule has 1 saturated heterocycles. The van der Waals surface area contributed by atoms with Crippen molar-refractivity contribution >= 4 is 22.6 Å². The zero-order valence-corrected chi connectivity index (χ0v) is 17.9. The van der Waals surface area contributed by atoms with E-state index in [4.69, 9.17) is 4.98 Å². The lowest BCUT2D eigenvalue weighted by atomic mass is 10.1. The Balaban J connectivity index is 1.65. The highest BCUT2D eigenvalue weighted by Crippen LogP contribution is 2.34. The Hall–Kier alpha value is -2.66. The van der Waals surface area contributed by atoms with Crippen molar-refractivity contribution in [2.45, 2.75) is 39.2 Å². The number of hydrogen-bond acceptors (Lipinski definition) is 3. The van der Waals surface area contributed by atoms with E-state index in [-0.39, 0.29) is 11.8 Å². The second kappa shape index (κ2) is 7.99. The molecule has 3 aromatic rings. The van der Waals surface area contributed by atoms with Gasteiger partial charge in [-0.15, -0.1) is 0 Å². The zero-order chi connectivity index (χ0) is 20.5. The van der Waals surface area contributed by atoms with Gasteiger partial charge < -0.3 is 14.4 Å². The number of fused-ring (bicyclic) bond motifs is 1. The van der Waals surface area contributed by atoms with E-state index >= 15 is 0 Å². The molecule has 1 amide bonds. The van der Waals surface area contributed by atoms with Gasteiger partial charge >= 0.3 is 0 Å². The van der Waals surface area contributed by atoms with E-state index in [2.05, 4.69) is 73.8 Å². The van der Waals surface area contributed by atoms with Crippen molar-refractivity contribution in [2.24, 2.45) is 0 Å². The van der Waals surface area contributed by atoms with E-state index in [0.717, 1.165) is 42.1 Å². The molecule has 1 aromatic heterocycles. The van der Waals surface area contributed by atoms with Gasteiger partial charge in [0.2, 0.25) is 5.91 Å². The van der Waals surface area contributed by atoms with Gasteiger partial charge in [-0.05, 0) is 64.7 Å². The molecule has 29 heavy (non-hydrogen) atoms. The SMILES string of the molecule is Cc1ccc(N2C[C@@H](c3nc4ccccc4n3CCCN(C)C)CC2=O)c(C)c1. The molecule has 2 aromatic carbocycles. The quantitative estimate of drug-likeness (QED) is 0.636. The van der Waals surface area contributed by atoms with Gasteiger partial charge in [0.15, 0.2) is 0 Å². The molecule has 5 nitrogen and oxygen atoms in total. The van der Waals surface area contributed by atoms with Gasteiger partial charge in [0.1, 0.15) is 5.82 Å². The Morgan fingerprint density at radius 3 is 2.69 bits per heavy atom. The number of aromatic nitrogens is 2. The van der Waals surface area contributed by atoms with Gasteiger partial charge in [-0.1, -0.05) is 29.8 Å². The highest BCUT2D eigenvalue weighted by molar-refractivity contribution is 5.97. The van der Waals surface area contributed by atoms with Gasteiger partial charge in [0.05, 0.1) is 11.0 Å². The summed E-state index contributed by atoms with van der Waals surface area (Å²) in [6, 6.07) is 14.6. The molecule has 0 bridgehead atoms. The first-order valence-corrected chi connectivity index (χ1v) is 10.4. The number of para-hydroxylation sites is 2. The maximum absolute atomic E-state index is 12.9. The summed E-state index contributed by atoms with van der Waals surface area (Å²) in [7, 11) is 4.20. The topological polar surface area (TPSA) is 41.4 Å². The first-order chi connectivity index (χ1) is 13.9. The summed E-state index contributed by atoms with van der Waals surface area (Å²) >= 11 is 0. The lowest BCUT2D eigenvalue weighted by Crippen LogP contribution is -2.25. The average Bonchev–Trinajstić information content (AvgIpc) is 3.22. The molecule has 0 spiro atoms. The van der Waals surface area contributed by atoms with Gasteiger partial charge in [-0.25, -0.2) is 4.98 Å². The van der Waals surface area contributed by atoms with Crippen LogP contribution in [0.3, 0.4) is 0 Å². The van der Waals surface area contributed by atoms with Gasteiger partial charge in [0, 0.05) is 31.1 Å². The fraction of sp³-hybridized carbons (Fsp3) is 0.417. The largest absolute Gasteiger partial charge is 0.328 e. The molecule has 5 heteroatoms. The van der Waals surface area contributed by atoms with Crippen LogP contribution in [0.25, 0.3) is 11.0 Å². The van der Waals surface area contributed by atoms with Crippen molar-refractivity contribution in [3.63, 3.8) is 0 Å². The summed E-state index contributed by atoms with van der Waals surface area (Å²) in [6.07, 6.45) is 1.58. The Kier molecular flexibility index (Phi) is 5.41. The van der Waals surface area contributed by atoms with Gasteiger partial charge in [-0.3, -0.25) is 4.79 Å². The Morgan fingerprint density at radius 1 is 1.14 bits per heavy atom. The number of amides is 1. The first-order valence-electron chi connectivity index (χ1n) is 10.4. The Bertz CT molecular complexity index is 1040. The average molecular weight is 391 g/mol. The van der Waals surface area contributed by atoms with Crippen LogP contribution >= 0.6 is 0 Å². The summed E-state index contributed by atoms with van der Waals surface area (Å²) in [6.45, 7) is 6.81. The van der Waals surface area contributed by atoms with E-state index < -0.39 is 0 Å². The number of hydrogen-bond donors (Lipinski definition) is 0. The van der Waals surface area contributed by atoms with Crippen LogP contribution in [0.1, 0.15) is 35.7 Å². The molecule has 0 N–H and O–H groups in total. The second-order valence-corrected chi connectivity index (χ2v) is 8.46. The van der Waals surface area contributed by atoms with Gasteiger partial charge in [0.25, 0.3) is 0 Å². The summed E-state index contributed by atoms with van der Waals surface area (Å²) in [5.41, 5.74) is 5.58. The predicted molar refractivity (Wildman–Crippen MR) is 119 cm³/mol. The summed E-state index contributed by atoms with van der Waals surface area (Å²) < 4.78 is 2.34. The fourth-order valence-electron chi connectivity index (χ4n) is 4.41. The van der Waals surface area contributed by atoms with Crippen molar-refractivity contribution in [3.05, 3.63) is 59.4 Å². The van der Waals surface area contributed by atoms with Crippen molar-refractivity contribution in [3.8, 4) is 0 Å². The third-order valence-corrected chi connectivity index (χ3v) is 5.80. The van der Waals surface area contributed by atoms with Crippen LogP contribution in [0.2, 0.25) is 0 Å². The molecule has 152 valence electrons. The summed E-state index contributed by atoms with van der Waals surface area (Å²) in [5, 5.41) is 0. The highest BCUT2D eigenvalue weighted by atomic mass is 16.2. The van der Waals surface area contributed by atoms with Gasteiger partial charge in [-0.2, -0.15) is 0 Å². The molecule has 2 heterocycles. The van der Waals surface area contributed by atoms with Crippen LogP contribution in [0.4, 0.5) is 5.69 Å². The van der Waals surface area contributed by atoms with E-state index in [1.165, 1.54) is 11.1 Å². The molecule has 1 aliphatic heterocycles. The number of nitrogens with zero attached hydrogens (tertiary/aromatic N) is 4. The number of rotatable bonds is 6. The minimum Gasteiger partial charge on any atom is -0.328 e. The number of imidazole rings is 1. The Labute approximate surface area is 172 Å². The Morgan fingerprint density at radius 2 is 1.93 bits per heavy atom. The van der Waals surface area contributed by atoms with E-state index in [0.29, 0.717) is 13.0 Å². The lowest BCUT2D eigenvalue weighted by Gasteiger charge is -2.20. The number of aryl methyl sites for hydroxylation is 3. The van der Waals surface area contributed by atoms with Crippen molar-refractivity contribution in [2.75, 3.05) is 32.1 Å².